The third-order valence-corrected chi connectivity index (χ3v) is 3.07. The van der Waals surface area contributed by atoms with Crippen LogP contribution < -0.4 is 11.1 Å². The van der Waals surface area contributed by atoms with Crippen LogP contribution in [0.4, 0.5) is 0 Å². The van der Waals surface area contributed by atoms with Crippen LogP contribution in [0.3, 0.4) is 0 Å². The summed E-state index contributed by atoms with van der Waals surface area (Å²) >= 11 is 5.93. The summed E-state index contributed by atoms with van der Waals surface area (Å²) in [5, 5.41) is 13.8. The Kier molecular flexibility index (Phi) is 5.75. The van der Waals surface area contributed by atoms with Crippen molar-refractivity contribution in [1.29, 1.82) is 0 Å². The van der Waals surface area contributed by atoms with E-state index in [0.29, 0.717) is 29.3 Å². The molecule has 0 fully saturated rings. The molecular formula is C13H21ClN2O. The predicted molar refractivity (Wildman–Crippen MR) is 72.5 cm³/mol. The Balaban J connectivity index is 2.74. The number of nitrogens with one attached hydrogen (secondary N) is 1. The number of aromatic hydroxyl groups is 1. The fourth-order valence-electron chi connectivity index (χ4n) is 1.77. The minimum absolute atomic E-state index is 0.294. The fraction of sp³-hybridized carbons (Fsp3) is 0.538. The van der Waals surface area contributed by atoms with E-state index in [0.717, 1.165) is 18.5 Å². The van der Waals surface area contributed by atoms with Crippen LogP contribution in [0.1, 0.15) is 19.4 Å². The first-order valence-electron chi connectivity index (χ1n) is 5.95. The summed E-state index contributed by atoms with van der Waals surface area (Å²) in [7, 11) is 0. The maximum absolute atomic E-state index is 9.78. The smallest absolute Gasteiger partial charge is 0.118 e. The van der Waals surface area contributed by atoms with Gasteiger partial charge in [0.1, 0.15) is 5.75 Å². The summed E-state index contributed by atoms with van der Waals surface area (Å²) in [6.45, 7) is 5.69. The molecule has 1 aromatic rings. The molecule has 0 aliphatic heterocycles. The Morgan fingerprint density at radius 3 is 2.71 bits per heavy atom. The minimum atomic E-state index is 0.294. The van der Waals surface area contributed by atoms with Gasteiger partial charge in [-0.15, -0.1) is 0 Å². The highest BCUT2D eigenvalue weighted by atomic mass is 35.5. The van der Waals surface area contributed by atoms with Gasteiger partial charge in [-0.3, -0.25) is 0 Å². The van der Waals surface area contributed by atoms with Gasteiger partial charge < -0.3 is 16.2 Å². The van der Waals surface area contributed by atoms with Crippen molar-refractivity contribution >= 4 is 11.6 Å². The second-order valence-corrected chi connectivity index (χ2v) is 5.01. The van der Waals surface area contributed by atoms with Crippen molar-refractivity contribution in [2.24, 2.45) is 11.7 Å². The number of hydrogen-bond acceptors (Lipinski definition) is 3. The molecule has 0 amide bonds. The van der Waals surface area contributed by atoms with Crippen LogP contribution >= 0.6 is 11.6 Å². The second-order valence-electron chi connectivity index (χ2n) is 4.57. The Labute approximate surface area is 108 Å². The Bertz CT molecular complexity index is 355. The van der Waals surface area contributed by atoms with Crippen LogP contribution in [0.15, 0.2) is 18.2 Å². The first-order chi connectivity index (χ1) is 8.04. The average Bonchev–Trinajstić information content (AvgIpc) is 2.28. The van der Waals surface area contributed by atoms with Crippen LogP contribution in [-0.2, 0) is 6.42 Å². The molecule has 0 saturated carbocycles. The van der Waals surface area contributed by atoms with Gasteiger partial charge in [-0.1, -0.05) is 25.4 Å². The van der Waals surface area contributed by atoms with Crippen molar-refractivity contribution in [3.63, 3.8) is 0 Å². The van der Waals surface area contributed by atoms with E-state index in [1.54, 1.807) is 12.1 Å². The van der Waals surface area contributed by atoms with E-state index in [2.05, 4.69) is 19.2 Å². The standard InChI is InChI=1S/C13H21ClN2O/c1-9(2)12(16-6-5-15)8-10-7-11(14)3-4-13(10)17/h3-4,7,9,12,16-17H,5-6,8,15H2,1-2H3. The SMILES string of the molecule is CC(C)C(Cc1cc(Cl)ccc1O)NCCN. The Hall–Kier alpha value is -0.770. The Morgan fingerprint density at radius 1 is 1.41 bits per heavy atom. The van der Waals surface area contributed by atoms with Gasteiger partial charge >= 0.3 is 0 Å². The lowest BCUT2D eigenvalue weighted by atomic mass is 9.96. The van der Waals surface area contributed by atoms with Crippen molar-refractivity contribution in [3.05, 3.63) is 28.8 Å². The number of hydrogen-bond donors (Lipinski definition) is 3. The van der Waals surface area contributed by atoms with Gasteiger partial charge in [0.25, 0.3) is 0 Å². The lowest BCUT2D eigenvalue weighted by molar-refractivity contribution is 0.392. The van der Waals surface area contributed by atoms with E-state index < -0.39 is 0 Å². The first kappa shape index (κ1) is 14.3. The molecule has 0 aliphatic carbocycles. The summed E-state index contributed by atoms with van der Waals surface area (Å²) in [6.07, 6.45) is 0.754. The third kappa shape index (κ3) is 4.54. The summed E-state index contributed by atoms with van der Waals surface area (Å²) in [5.74, 6) is 0.773. The van der Waals surface area contributed by atoms with Gasteiger partial charge in [0.15, 0.2) is 0 Å². The van der Waals surface area contributed by atoms with Crippen LogP contribution in [-0.4, -0.2) is 24.2 Å². The van der Waals surface area contributed by atoms with Gasteiger partial charge in [-0.25, -0.2) is 0 Å². The highest BCUT2D eigenvalue weighted by molar-refractivity contribution is 6.30. The van der Waals surface area contributed by atoms with E-state index >= 15 is 0 Å². The lowest BCUT2D eigenvalue weighted by Gasteiger charge is -2.22. The van der Waals surface area contributed by atoms with E-state index in [1.165, 1.54) is 0 Å². The quantitative estimate of drug-likeness (QED) is 0.731. The highest BCUT2D eigenvalue weighted by Crippen LogP contribution is 2.24. The molecule has 4 N–H and O–H groups in total. The van der Waals surface area contributed by atoms with E-state index in [1.807, 2.05) is 6.07 Å². The number of rotatable bonds is 6. The third-order valence-electron chi connectivity index (χ3n) is 2.84. The number of phenols is 1. The maximum Gasteiger partial charge on any atom is 0.118 e. The molecule has 3 nitrogen and oxygen atoms in total. The van der Waals surface area contributed by atoms with Gasteiger partial charge in [0.05, 0.1) is 0 Å². The molecule has 0 aromatic heterocycles. The number of nitrogens with two attached hydrogens (primary N) is 1. The fourth-order valence-corrected chi connectivity index (χ4v) is 1.96. The minimum Gasteiger partial charge on any atom is -0.508 e. The molecule has 0 spiro atoms. The summed E-state index contributed by atoms with van der Waals surface area (Å²) in [4.78, 5) is 0. The molecule has 0 heterocycles. The topological polar surface area (TPSA) is 58.3 Å². The molecule has 17 heavy (non-hydrogen) atoms. The Morgan fingerprint density at radius 2 is 2.12 bits per heavy atom. The van der Waals surface area contributed by atoms with Crippen molar-refractivity contribution in [2.75, 3.05) is 13.1 Å². The summed E-state index contributed by atoms with van der Waals surface area (Å²) in [5.41, 5.74) is 6.37. The van der Waals surface area contributed by atoms with Gasteiger partial charge in [0.2, 0.25) is 0 Å². The van der Waals surface area contributed by atoms with E-state index in [9.17, 15) is 5.11 Å². The molecule has 0 bridgehead atoms. The second kappa shape index (κ2) is 6.84. The predicted octanol–water partition coefficient (Wildman–Crippen LogP) is 2.16. The molecule has 1 rings (SSSR count). The summed E-state index contributed by atoms with van der Waals surface area (Å²) < 4.78 is 0. The zero-order valence-corrected chi connectivity index (χ0v) is 11.2. The molecule has 1 unspecified atom stereocenters. The molecular weight excluding hydrogens is 236 g/mol. The highest BCUT2D eigenvalue weighted by Gasteiger charge is 2.15. The van der Waals surface area contributed by atoms with Crippen LogP contribution in [0.25, 0.3) is 0 Å². The molecule has 0 aliphatic rings. The van der Waals surface area contributed by atoms with Crippen molar-refractivity contribution in [1.82, 2.24) is 5.32 Å². The van der Waals surface area contributed by atoms with Crippen molar-refractivity contribution < 1.29 is 5.11 Å². The largest absolute Gasteiger partial charge is 0.508 e. The number of phenolic OH excluding ortho intramolecular Hbond substituents is 1. The zero-order chi connectivity index (χ0) is 12.8. The van der Waals surface area contributed by atoms with Crippen LogP contribution in [0.2, 0.25) is 5.02 Å². The molecule has 4 heteroatoms. The zero-order valence-electron chi connectivity index (χ0n) is 10.4. The molecule has 1 atom stereocenters. The number of benzene rings is 1. The van der Waals surface area contributed by atoms with E-state index in [-0.39, 0.29) is 0 Å². The average molecular weight is 257 g/mol. The van der Waals surface area contributed by atoms with Crippen molar-refractivity contribution in [2.45, 2.75) is 26.3 Å². The lowest BCUT2D eigenvalue weighted by Crippen LogP contribution is -2.38. The van der Waals surface area contributed by atoms with E-state index in [4.69, 9.17) is 17.3 Å². The molecule has 0 saturated heterocycles. The monoisotopic (exact) mass is 256 g/mol. The van der Waals surface area contributed by atoms with Crippen LogP contribution in [0.5, 0.6) is 5.75 Å². The molecule has 96 valence electrons. The summed E-state index contributed by atoms with van der Waals surface area (Å²) in [6, 6.07) is 5.44. The van der Waals surface area contributed by atoms with Crippen molar-refractivity contribution in [3.8, 4) is 5.75 Å². The van der Waals surface area contributed by atoms with Gasteiger partial charge in [-0.2, -0.15) is 0 Å². The van der Waals surface area contributed by atoms with Crippen LogP contribution in [0, 0.1) is 5.92 Å². The molecule has 1 aromatic carbocycles. The molecule has 0 radical (unpaired) electrons. The van der Waals surface area contributed by atoms with Gasteiger partial charge in [-0.05, 0) is 36.1 Å². The normalized spacial score (nSPS) is 13.0. The van der Waals surface area contributed by atoms with Gasteiger partial charge in [0, 0.05) is 24.2 Å². The number of halogens is 1. The first-order valence-corrected chi connectivity index (χ1v) is 6.33. The maximum atomic E-state index is 9.78.